The van der Waals surface area contributed by atoms with Gasteiger partial charge in [-0.25, -0.2) is 4.79 Å². The minimum atomic E-state index is -1.05. The topological polar surface area (TPSA) is 70.5 Å². The van der Waals surface area contributed by atoms with Gasteiger partial charge in [-0.1, -0.05) is 24.3 Å². The predicted molar refractivity (Wildman–Crippen MR) is 85.6 cm³/mol. The molecule has 1 aliphatic rings. The van der Waals surface area contributed by atoms with Crippen LogP contribution in [0.3, 0.4) is 0 Å². The number of carboxylic acid groups (broad SMARTS) is 1. The van der Waals surface area contributed by atoms with Gasteiger partial charge in [-0.05, 0) is 36.6 Å². The normalized spacial score (nSPS) is 17.3. The SMILES string of the molecule is Cc1ccccc1C1CCN(C(=O)c2cc(C(=O)O)ccn2)C1. The Morgan fingerprint density at radius 2 is 2.04 bits per heavy atom. The molecule has 118 valence electrons. The summed E-state index contributed by atoms with van der Waals surface area (Å²) >= 11 is 0. The maximum atomic E-state index is 12.6. The number of carboxylic acids is 1. The summed E-state index contributed by atoms with van der Waals surface area (Å²) in [7, 11) is 0. The highest BCUT2D eigenvalue weighted by atomic mass is 16.4. The average Bonchev–Trinajstić information content (AvgIpc) is 3.04. The second kappa shape index (κ2) is 6.20. The molecule has 1 unspecified atom stereocenters. The third-order valence-electron chi connectivity index (χ3n) is 4.33. The van der Waals surface area contributed by atoms with Gasteiger partial charge in [0.2, 0.25) is 0 Å². The van der Waals surface area contributed by atoms with Crippen molar-refractivity contribution in [3.8, 4) is 0 Å². The molecule has 0 bridgehead atoms. The van der Waals surface area contributed by atoms with E-state index < -0.39 is 5.97 Å². The van der Waals surface area contributed by atoms with Crippen molar-refractivity contribution in [2.45, 2.75) is 19.3 Å². The van der Waals surface area contributed by atoms with Gasteiger partial charge in [0.1, 0.15) is 5.69 Å². The molecule has 23 heavy (non-hydrogen) atoms. The summed E-state index contributed by atoms with van der Waals surface area (Å²) in [6.45, 7) is 3.39. The number of likely N-dealkylation sites (tertiary alicyclic amines) is 1. The van der Waals surface area contributed by atoms with E-state index in [0.717, 1.165) is 6.42 Å². The molecule has 1 aliphatic heterocycles. The van der Waals surface area contributed by atoms with Crippen molar-refractivity contribution >= 4 is 11.9 Å². The van der Waals surface area contributed by atoms with Crippen LogP contribution in [0, 0.1) is 6.92 Å². The van der Waals surface area contributed by atoms with Crippen molar-refractivity contribution in [2.24, 2.45) is 0 Å². The van der Waals surface area contributed by atoms with E-state index in [-0.39, 0.29) is 17.2 Å². The maximum Gasteiger partial charge on any atom is 0.335 e. The van der Waals surface area contributed by atoms with Gasteiger partial charge in [-0.15, -0.1) is 0 Å². The molecule has 1 fully saturated rings. The molecule has 1 atom stereocenters. The molecule has 1 aromatic heterocycles. The van der Waals surface area contributed by atoms with Crippen LogP contribution in [-0.4, -0.2) is 40.0 Å². The number of carbonyl (C=O) groups excluding carboxylic acids is 1. The maximum absolute atomic E-state index is 12.6. The zero-order valence-electron chi connectivity index (χ0n) is 12.9. The Kier molecular flexibility index (Phi) is 4.10. The highest BCUT2D eigenvalue weighted by Gasteiger charge is 2.29. The number of benzene rings is 1. The number of hydrogen-bond donors (Lipinski definition) is 1. The van der Waals surface area contributed by atoms with Crippen LogP contribution in [0.5, 0.6) is 0 Å². The summed E-state index contributed by atoms with van der Waals surface area (Å²) < 4.78 is 0. The summed E-state index contributed by atoms with van der Waals surface area (Å²) in [4.78, 5) is 29.4. The third-order valence-corrected chi connectivity index (χ3v) is 4.33. The van der Waals surface area contributed by atoms with E-state index in [1.807, 2.05) is 12.1 Å². The van der Waals surface area contributed by atoms with E-state index in [0.29, 0.717) is 19.0 Å². The zero-order valence-corrected chi connectivity index (χ0v) is 12.9. The van der Waals surface area contributed by atoms with Crippen molar-refractivity contribution in [3.63, 3.8) is 0 Å². The lowest BCUT2D eigenvalue weighted by Gasteiger charge is -2.17. The van der Waals surface area contributed by atoms with E-state index >= 15 is 0 Å². The molecule has 1 aromatic carbocycles. The Hall–Kier alpha value is -2.69. The Morgan fingerprint density at radius 1 is 1.26 bits per heavy atom. The van der Waals surface area contributed by atoms with Crippen molar-refractivity contribution in [3.05, 3.63) is 65.0 Å². The van der Waals surface area contributed by atoms with E-state index in [2.05, 4.69) is 24.0 Å². The van der Waals surface area contributed by atoms with Gasteiger partial charge in [0.05, 0.1) is 5.56 Å². The first-order valence-corrected chi connectivity index (χ1v) is 7.60. The van der Waals surface area contributed by atoms with Crippen LogP contribution in [0.4, 0.5) is 0 Å². The number of rotatable bonds is 3. The lowest BCUT2D eigenvalue weighted by atomic mass is 9.94. The predicted octanol–water partition coefficient (Wildman–Crippen LogP) is 2.72. The third kappa shape index (κ3) is 3.08. The van der Waals surface area contributed by atoms with Gasteiger partial charge in [-0.3, -0.25) is 9.78 Å². The number of carbonyl (C=O) groups is 2. The summed E-state index contributed by atoms with van der Waals surface area (Å²) in [5.74, 6) is -0.937. The quantitative estimate of drug-likeness (QED) is 0.946. The molecular formula is C18H18N2O3. The summed E-state index contributed by atoms with van der Waals surface area (Å²) in [5.41, 5.74) is 2.78. The lowest BCUT2D eigenvalue weighted by molar-refractivity contribution is 0.0696. The average molecular weight is 310 g/mol. The molecule has 5 heteroatoms. The molecule has 0 aliphatic carbocycles. The zero-order chi connectivity index (χ0) is 16.4. The minimum absolute atomic E-state index is 0.0815. The second-order valence-electron chi connectivity index (χ2n) is 5.83. The fourth-order valence-corrected chi connectivity index (χ4v) is 3.09. The Balaban J connectivity index is 1.76. The van der Waals surface area contributed by atoms with Crippen molar-refractivity contribution < 1.29 is 14.7 Å². The molecule has 0 saturated carbocycles. The Bertz CT molecular complexity index is 757. The van der Waals surface area contributed by atoms with Crippen LogP contribution in [0.25, 0.3) is 0 Å². The number of aromatic carboxylic acids is 1. The van der Waals surface area contributed by atoms with Crippen molar-refractivity contribution in [1.82, 2.24) is 9.88 Å². The van der Waals surface area contributed by atoms with Gasteiger partial charge in [0.25, 0.3) is 5.91 Å². The van der Waals surface area contributed by atoms with Gasteiger partial charge in [0.15, 0.2) is 0 Å². The van der Waals surface area contributed by atoms with Gasteiger partial charge >= 0.3 is 5.97 Å². The van der Waals surface area contributed by atoms with Crippen molar-refractivity contribution in [2.75, 3.05) is 13.1 Å². The monoisotopic (exact) mass is 310 g/mol. The summed E-state index contributed by atoms with van der Waals surface area (Å²) in [6.07, 6.45) is 2.28. The van der Waals surface area contributed by atoms with Crippen LogP contribution in [0.15, 0.2) is 42.6 Å². The lowest BCUT2D eigenvalue weighted by Crippen LogP contribution is -2.29. The highest BCUT2D eigenvalue weighted by molar-refractivity contribution is 5.96. The van der Waals surface area contributed by atoms with Gasteiger partial charge in [-0.2, -0.15) is 0 Å². The first kappa shape index (κ1) is 15.2. The molecule has 1 amide bonds. The first-order chi connectivity index (χ1) is 11.1. The molecule has 0 spiro atoms. The number of hydrogen-bond acceptors (Lipinski definition) is 3. The first-order valence-electron chi connectivity index (χ1n) is 7.60. The largest absolute Gasteiger partial charge is 0.478 e. The fourth-order valence-electron chi connectivity index (χ4n) is 3.09. The smallest absolute Gasteiger partial charge is 0.335 e. The number of amides is 1. The van der Waals surface area contributed by atoms with Crippen LogP contribution in [0.2, 0.25) is 0 Å². The van der Waals surface area contributed by atoms with Crippen LogP contribution in [-0.2, 0) is 0 Å². The fraction of sp³-hybridized carbons (Fsp3) is 0.278. The molecule has 5 nitrogen and oxygen atoms in total. The molecule has 1 saturated heterocycles. The van der Waals surface area contributed by atoms with Crippen LogP contribution >= 0.6 is 0 Å². The van der Waals surface area contributed by atoms with E-state index in [9.17, 15) is 9.59 Å². The molecule has 3 rings (SSSR count). The van der Waals surface area contributed by atoms with Gasteiger partial charge < -0.3 is 10.0 Å². The van der Waals surface area contributed by atoms with Gasteiger partial charge in [0, 0.05) is 25.2 Å². The van der Waals surface area contributed by atoms with Crippen molar-refractivity contribution in [1.29, 1.82) is 0 Å². The summed E-state index contributed by atoms with van der Waals surface area (Å²) in [6, 6.07) is 10.9. The molecule has 0 radical (unpaired) electrons. The second-order valence-corrected chi connectivity index (χ2v) is 5.83. The highest BCUT2D eigenvalue weighted by Crippen LogP contribution is 2.29. The van der Waals surface area contributed by atoms with E-state index in [1.54, 1.807) is 4.90 Å². The number of pyridine rings is 1. The Labute approximate surface area is 134 Å². The minimum Gasteiger partial charge on any atom is -0.478 e. The van der Waals surface area contributed by atoms with Crippen LogP contribution in [0.1, 0.15) is 44.3 Å². The number of nitrogens with zero attached hydrogens (tertiary/aromatic N) is 2. The van der Waals surface area contributed by atoms with E-state index in [4.69, 9.17) is 5.11 Å². The number of aromatic nitrogens is 1. The molecular weight excluding hydrogens is 292 g/mol. The van der Waals surface area contributed by atoms with Crippen LogP contribution < -0.4 is 0 Å². The molecule has 2 heterocycles. The molecule has 2 aromatic rings. The standard InChI is InChI=1S/C18H18N2O3/c1-12-4-2-3-5-15(12)14-7-9-20(11-14)17(21)16-10-13(18(22)23)6-8-19-16/h2-6,8,10,14H,7,9,11H2,1H3,(H,22,23). The Morgan fingerprint density at radius 3 is 2.78 bits per heavy atom. The summed E-state index contributed by atoms with van der Waals surface area (Å²) in [5, 5.41) is 9.02. The number of aryl methyl sites for hydroxylation is 1. The molecule has 1 N–H and O–H groups in total. The van der Waals surface area contributed by atoms with E-state index in [1.165, 1.54) is 29.5 Å².